The monoisotopic (exact) mass is 720 g/mol. The van der Waals surface area contributed by atoms with E-state index in [9.17, 15) is 0 Å². The second-order valence-electron chi connectivity index (χ2n) is 16.9. The van der Waals surface area contributed by atoms with E-state index in [2.05, 4.69) is 207 Å². The van der Waals surface area contributed by atoms with Gasteiger partial charge in [0.25, 0.3) is 0 Å². The first-order valence-corrected chi connectivity index (χ1v) is 20.1. The lowest BCUT2D eigenvalue weighted by Gasteiger charge is -2.32. The van der Waals surface area contributed by atoms with Crippen molar-refractivity contribution in [3.8, 4) is 28.1 Å². The first kappa shape index (κ1) is 33.0. The van der Waals surface area contributed by atoms with Crippen LogP contribution in [0.3, 0.4) is 0 Å². The number of fused-ring (bicyclic) bond motifs is 8. The Kier molecular flexibility index (Phi) is 7.11. The van der Waals surface area contributed by atoms with Crippen LogP contribution in [-0.4, -0.2) is 4.57 Å². The highest BCUT2D eigenvalue weighted by Crippen LogP contribution is 2.55. The van der Waals surface area contributed by atoms with Gasteiger partial charge in [0.2, 0.25) is 0 Å². The molecule has 11 rings (SSSR count). The minimum Gasteiger partial charge on any atom is -0.314 e. The lowest BCUT2D eigenvalue weighted by atomic mass is 9.79. The number of para-hydroxylation sites is 1. The highest BCUT2D eigenvalue weighted by atomic mass is 15.1. The Morgan fingerprint density at radius 3 is 1.95 bits per heavy atom. The fraction of sp³-hybridized carbons (Fsp3) is 0.148. The number of hydrogen-bond donors (Lipinski definition) is 0. The molecule has 3 aliphatic carbocycles. The van der Waals surface area contributed by atoms with Crippen LogP contribution >= 0.6 is 0 Å². The predicted molar refractivity (Wildman–Crippen MR) is 236 cm³/mol. The van der Waals surface area contributed by atoms with Gasteiger partial charge >= 0.3 is 0 Å². The van der Waals surface area contributed by atoms with Crippen molar-refractivity contribution in [2.45, 2.75) is 51.4 Å². The molecule has 56 heavy (non-hydrogen) atoms. The molecule has 7 aromatic carbocycles. The summed E-state index contributed by atoms with van der Waals surface area (Å²) in [5, 5.41) is 3.83. The lowest BCUT2D eigenvalue weighted by molar-refractivity contribution is 0.648. The molecule has 0 aliphatic heterocycles. The molecule has 270 valence electrons. The Hall–Kier alpha value is -6.38. The van der Waals surface area contributed by atoms with Gasteiger partial charge in [0.05, 0.1) is 11.2 Å². The Morgan fingerprint density at radius 2 is 1.16 bits per heavy atom. The van der Waals surface area contributed by atoms with Crippen LogP contribution in [0.5, 0.6) is 0 Å². The van der Waals surface area contributed by atoms with Gasteiger partial charge in [0.1, 0.15) is 0 Å². The largest absolute Gasteiger partial charge is 0.314 e. The lowest BCUT2D eigenvalue weighted by Crippen LogP contribution is -2.22. The maximum atomic E-state index is 2.51. The van der Waals surface area contributed by atoms with Crippen molar-refractivity contribution in [2.75, 3.05) is 4.90 Å². The zero-order valence-electron chi connectivity index (χ0n) is 32.5. The van der Waals surface area contributed by atoms with Crippen LogP contribution in [0.4, 0.5) is 11.4 Å². The summed E-state index contributed by atoms with van der Waals surface area (Å²) in [7, 11) is 0. The number of benzene rings is 7. The maximum Gasteiger partial charge on any atom is 0.0585 e. The minimum absolute atomic E-state index is 0.0220. The molecule has 0 amide bonds. The van der Waals surface area contributed by atoms with Gasteiger partial charge in [-0.1, -0.05) is 143 Å². The molecule has 1 heterocycles. The minimum atomic E-state index is -0.136. The highest BCUT2D eigenvalue weighted by molar-refractivity contribution is 6.01. The predicted octanol–water partition coefficient (Wildman–Crippen LogP) is 14.3. The van der Waals surface area contributed by atoms with Crippen LogP contribution < -0.4 is 4.90 Å². The third-order valence-corrected chi connectivity index (χ3v) is 13.1. The summed E-state index contributed by atoms with van der Waals surface area (Å²) in [6.45, 7) is 9.56. The molecule has 1 aromatic heterocycles. The fourth-order valence-corrected chi connectivity index (χ4v) is 10.3. The van der Waals surface area contributed by atoms with E-state index < -0.39 is 0 Å². The molecular formula is C54H44N2. The molecule has 0 saturated carbocycles. The van der Waals surface area contributed by atoms with Gasteiger partial charge in [-0.05, 0) is 123 Å². The second-order valence-corrected chi connectivity index (χ2v) is 16.9. The molecule has 8 aromatic rings. The highest BCUT2D eigenvalue weighted by Gasteiger charge is 2.41. The summed E-state index contributed by atoms with van der Waals surface area (Å²) in [5.41, 5.74) is 19.8. The molecule has 0 fully saturated rings. The van der Waals surface area contributed by atoms with Crippen molar-refractivity contribution >= 4 is 38.6 Å². The molecule has 3 aliphatic rings. The first-order valence-electron chi connectivity index (χ1n) is 20.1. The number of nitrogens with zero attached hydrogens (tertiary/aromatic N) is 2. The van der Waals surface area contributed by atoms with Crippen molar-refractivity contribution in [3.05, 3.63) is 203 Å². The van der Waals surface area contributed by atoms with Crippen LogP contribution in [0, 0.1) is 0 Å². The Labute approximate surface area is 329 Å². The van der Waals surface area contributed by atoms with Gasteiger partial charge in [0, 0.05) is 44.5 Å². The molecule has 0 radical (unpaired) electrons. The molecule has 0 N–H and O–H groups in total. The molecule has 2 heteroatoms. The van der Waals surface area contributed by atoms with Gasteiger partial charge < -0.3 is 9.47 Å². The smallest absolute Gasteiger partial charge is 0.0585 e. The molecule has 0 atom stereocenters. The second kappa shape index (κ2) is 12.1. The van der Waals surface area contributed by atoms with Crippen LogP contribution in [-0.2, 0) is 10.8 Å². The van der Waals surface area contributed by atoms with E-state index in [4.69, 9.17) is 0 Å². The van der Waals surface area contributed by atoms with Crippen molar-refractivity contribution in [3.63, 3.8) is 0 Å². The van der Waals surface area contributed by atoms with Crippen LogP contribution in [0.2, 0.25) is 0 Å². The molecule has 2 nitrogen and oxygen atoms in total. The Morgan fingerprint density at radius 1 is 0.518 bits per heavy atom. The average Bonchev–Trinajstić information content (AvgIpc) is 3.79. The normalized spacial score (nSPS) is 16.0. The van der Waals surface area contributed by atoms with Crippen molar-refractivity contribution in [1.82, 2.24) is 4.57 Å². The standard InChI is InChI=1S/C54H44N2/c1-53(2)47-20-12-10-18-43(47)44-30-29-42(34-49(44)53)55(39-16-6-5-7-17-39)40-26-22-36(23-27-40)38-25-31-50-46(33-38)51-52(45-19-11-13-21-48(45)54(51,3)4)56(50)41-28-24-35-14-8-9-15-37(35)32-41/h5-28,31-34H,29-30H2,1-4H3. The first-order chi connectivity index (χ1) is 27.3. The maximum absolute atomic E-state index is 2.51. The summed E-state index contributed by atoms with van der Waals surface area (Å²) in [4.78, 5) is 2.48. The van der Waals surface area contributed by atoms with E-state index in [-0.39, 0.29) is 10.8 Å². The van der Waals surface area contributed by atoms with Crippen LogP contribution in [0.1, 0.15) is 62.8 Å². The SMILES string of the molecule is CC1(C)C2=C(CCC(N(c3ccccc3)c3ccc(-c4ccc5c(c4)c4c(n5-c5ccc6ccccc6c5)-c5ccccc5C4(C)C)cc3)=C2)c2ccccc21. The Bertz CT molecular complexity index is 2950. The molecule has 0 spiro atoms. The summed E-state index contributed by atoms with van der Waals surface area (Å²) < 4.78 is 2.51. The summed E-state index contributed by atoms with van der Waals surface area (Å²) in [5.74, 6) is 0. The molecule has 0 bridgehead atoms. The molecule has 0 unspecified atom stereocenters. The molecule has 0 saturated heterocycles. The average molecular weight is 721 g/mol. The summed E-state index contributed by atoms with van der Waals surface area (Å²) in [6, 6.07) is 60.8. The number of aromatic nitrogens is 1. The van der Waals surface area contributed by atoms with Crippen LogP contribution in [0.25, 0.3) is 55.3 Å². The van der Waals surface area contributed by atoms with Crippen molar-refractivity contribution in [2.24, 2.45) is 0 Å². The fourth-order valence-electron chi connectivity index (χ4n) is 10.3. The number of rotatable bonds is 5. The zero-order chi connectivity index (χ0) is 37.8. The Balaban J connectivity index is 1.02. The topological polar surface area (TPSA) is 8.17 Å². The number of anilines is 2. The third-order valence-electron chi connectivity index (χ3n) is 13.1. The van der Waals surface area contributed by atoms with E-state index in [1.807, 2.05) is 0 Å². The zero-order valence-corrected chi connectivity index (χ0v) is 32.5. The van der Waals surface area contributed by atoms with Gasteiger partial charge in [-0.15, -0.1) is 0 Å². The summed E-state index contributed by atoms with van der Waals surface area (Å²) >= 11 is 0. The van der Waals surface area contributed by atoms with E-state index >= 15 is 0 Å². The summed E-state index contributed by atoms with van der Waals surface area (Å²) in [6.07, 6.45) is 4.54. The van der Waals surface area contributed by atoms with E-state index in [1.165, 1.54) is 100 Å². The van der Waals surface area contributed by atoms with Gasteiger partial charge in [-0.2, -0.15) is 0 Å². The number of allylic oxidation sites excluding steroid dienone is 4. The van der Waals surface area contributed by atoms with E-state index in [1.54, 1.807) is 0 Å². The van der Waals surface area contributed by atoms with Gasteiger partial charge in [0.15, 0.2) is 0 Å². The van der Waals surface area contributed by atoms with Crippen molar-refractivity contribution < 1.29 is 0 Å². The van der Waals surface area contributed by atoms with Crippen molar-refractivity contribution in [1.29, 1.82) is 0 Å². The van der Waals surface area contributed by atoms with E-state index in [0.717, 1.165) is 12.8 Å². The number of hydrogen-bond acceptors (Lipinski definition) is 1. The van der Waals surface area contributed by atoms with Crippen LogP contribution in [0.15, 0.2) is 181 Å². The van der Waals surface area contributed by atoms with Gasteiger partial charge in [-0.25, -0.2) is 0 Å². The quantitative estimate of drug-likeness (QED) is 0.172. The van der Waals surface area contributed by atoms with Gasteiger partial charge in [-0.3, -0.25) is 0 Å². The van der Waals surface area contributed by atoms with E-state index in [0.29, 0.717) is 0 Å². The third kappa shape index (κ3) is 4.75. The molecular weight excluding hydrogens is 677 g/mol.